The average molecular weight is 381 g/mol. The molecule has 1 aliphatic rings. The van der Waals surface area contributed by atoms with Gasteiger partial charge >= 0.3 is 5.97 Å². The Morgan fingerprint density at radius 1 is 1.19 bits per heavy atom. The third-order valence-corrected chi connectivity index (χ3v) is 5.82. The van der Waals surface area contributed by atoms with Gasteiger partial charge in [-0.3, -0.25) is 0 Å². The number of carbonyl (C=O) groups is 1. The minimum atomic E-state index is -0.357. The highest BCUT2D eigenvalue weighted by molar-refractivity contribution is 7.99. The summed E-state index contributed by atoms with van der Waals surface area (Å²) < 4.78 is 10.4. The largest absolute Gasteiger partial charge is 0.495 e. The van der Waals surface area contributed by atoms with Gasteiger partial charge in [-0.1, -0.05) is 25.7 Å². The molecule has 0 aromatic heterocycles. The van der Waals surface area contributed by atoms with Crippen molar-refractivity contribution >= 4 is 17.7 Å². The molecule has 4 heteroatoms. The van der Waals surface area contributed by atoms with Gasteiger partial charge in [0.05, 0.1) is 24.8 Å². The summed E-state index contributed by atoms with van der Waals surface area (Å²) in [6, 6.07) is 11.6. The highest BCUT2D eigenvalue weighted by atomic mass is 32.2. The van der Waals surface area contributed by atoms with Crippen molar-refractivity contribution in [2.45, 2.75) is 37.5 Å². The second-order valence-corrected chi connectivity index (χ2v) is 8.22. The monoisotopic (exact) mass is 380 g/mol. The molecule has 0 bridgehead atoms. The van der Waals surface area contributed by atoms with Gasteiger partial charge in [-0.05, 0) is 66.5 Å². The lowest BCUT2D eigenvalue weighted by molar-refractivity contribution is 0.0526. The Morgan fingerprint density at radius 3 is 2.74 bits per heavy atom. The standard InChI is InChI=1S/C23H24O3S/c1-5-26-22(24)18-10-9-17(20(15-18)25-4)8-6-16-7-11-21-19(14-16)23(2,3)12-13-27-21/h7,9-11,14-15H,5,12-13H2,1-4H3. The Kier molecular flexibility index (Phi) is 5.82. The van der Waals surface area contributed by atoms with Crippen LogP contribution >= 0.6 is 11.8 Å². The molecule has 2 aromatic carbocycles. The quantitative estimate of drug-likeness (QED) is 0.552. The van der Waals surface area contributed by atoms with Gasteiger partial charge < -0.3 is 9.47 Å². The second-order valence-electron chi connectivity index (χ2n) is 7.08. The van der Waals surface area contributed by atoms with Gasteiger partial charge in [0.2, 0.25) is 0 Å². The zero-order chi connectivity index (χ0) is 19.4. The lowest BCUT2D eigenvalue weighted by atomic mass is 9.81. The van der Waals surface area contributed by atoms with Crippen LogP contribution in [0, 0.1) is 11.8 Å². The molecule has 0 unspecified atom stereocenters. The van der Waals surface area contributed by atoms with Crippen molar-refractivity contribution in [1.82, 2.24) is 0 Å². The summed E-state index contributed by atoms with van der Waals surface area (Å²) in [6.45, 7) is 6.71. The number of esters is 1. The molecule has 0 amide bonds. The van der Waals surface area contributed by atoms with Crippen LogP contribution in [-0.4, -0.2) is 25.4 Å². The number of benzene rings is 2. The highest BCUT2D eigenvalue weighted by Gasteiger charge is 2.27. The number of carbonyl (C=O) groups excluding carboxylic acids is 1. The Hall–Kier alpha value is -2.38. The highest BCUT2D eigenvalue weighted by Crippen LogP contribution is 2.41. The first-order valence-electron chi connectivity index (χ1n) is 9.09. The number of hydrogen-bond donors (Lipinski definition) is 0. The van der Waals surface area contributed by atoms with Gasteiger partial charge in [-0.15, -0.1) is 11.8 Å². The summed E-state index contributed by atoms with van der Waals surface area (Å²) in [7, 11) is 1.58. The van der Waals surface area contributed by atoms with Crippen LogP contribution in [0.2, 0.25) is 0 Å². The molecule has 0 N–H and O–H groups in total. The molecule has 1 heterocycles. The lowest BCUT2D eigenvalue weighted by Gasteiger charge is -2.32. The molecule has 2 aromatic rings. The minimum Gasteiger partial charge on any atom is -0.495 e. The molecule has 140 valence electrons. The summed E-state index contributed by atoms with van der Waals surface area (Å²) in [6.07, 6.45) is 1.17. The van der Waals surface area contributed by atoms with Crippen molar-refractivity contribution in [2.24, 2.45) is 0 Å². The Balaban J connectivity index is 1.91. The Labute approximate surface area is 165 Å². The van der Waals surface area contributed by atoms with Crippen molar-refractivity contribution in [3.63, 3.8) is 0 Å². The SMILES string of the molecule is CCOC(=O)c1ccc(C#Cc2ccc3c(c2)C(C)(C)CCS3)c(OC)c1. The predicted molar refractivity (Wildman–Crippen MR) is 110 cm³/mol. The second kappa shape index (κ2) is 8.10. The minimum absolute atomic E-state index is 0.178. The molecule has 1 aliphatic heterocycles. The maximum atomic E-state index is 11.9. The first-order chi connectivity index (χ1) is 12.9. The molecule has 3 nitrogen and oxygen atoms in total. The van der Waals surface area contributed by atoms with E-state index in [2.05, 4.69) is 43.9 Å². The molecule has 0 atom stereocenters. The van der Waals surface area contributed by atoms with Crippen LogP contribution in [-0.2, 0) is 10.2 Å². The van der Waals surface area contributed by atoms with Crippen molar-refractivity contribution < 1.29 is 14.3 Å². The maximum absolute atomic E-state index is 11.9. The fourth-order valence-electron chi connectivity index (χ4n) is 3.09. The van der Waals surface area contributed by atoms with Crippen LogP contribution in [0.5, 0.6) is 5.75 Å². The zero-order valence-electron chi connectivity index (χ0n) is 16.2. The van der Waals surface area contributed by atoms with Crippen molar-refractivity contribution in [2.75, 3.05) is 19.5 Å². The molecular formula is C23H24O3S. The van der Waals surface area contributed by atoms with E-state index in [1.807, 2.05) is 11.8 Å². The van der Waals surface area contributed by atoms with Crippen LogP contribution in [0.3, 0.4) is 0 Å². The molecule has 0 saturated heterocycles. The third kappa shape index (κ3) is 4.31. The van der Waals surface area contributed by atoms with E-state index in [1.54, 1.807) is 32.2 Å². The van der Waals surface area contributed by atoms with Crippen molar-refractivity contribution in [3.8, 4) is 17.6 Å². The summed E-state index contributed by atoms with van der Waals surface area (Å²) in [5, 5.41) is 0. The Morgan fingerprint density at radius 2 is 2.00 bits per heavy atom. The third-order valence-electron chi connectivity index (χ3n) is 4.75. The van der Waals surface area contributed by atoms with E-state index in [0.29, 0.717) is 17.9 Å². The first-order valence-corrected chi connectivity index (χ1v) is 10.1. The molecule has 0 saturated carbocycles. The fraction of sp³-hybridized carbons (Fsp3) is 0.348. The molecule has 3 rings (SSSR count). The van der Waals surface area contributed by atoms with Crippen LogP contribution in [0.25, 0.3) is 0 Å². The molecule has 0 spiro atoms. The average Bonchev–Trinajstić information content (AvgIpc) is 2.66. The predicted octanol–water partition coefficient (Wildman–Crippen LogP) is 5.05. The van der Waals surface area contributed by atoms with Gasteiger partial charge in [0.25, 0.3) is 0 Å². The molecule has 0 fully saturated rings. The number of thioether (sulfide) groups is 1. The van der Waals surface area contributed by atoms with E-state index in [-0.39, 0.29) is 11.4 Å². The molecule has 0 radical (unpaired) electrons. The number of ether oxygens (including phenoxy) is 2. The number of methoxy groups -OCH3 is 1. The molecule has 27 heavy (non-hydrogen) atoms. The van der Waals surface area contributed by atoms with Gasteiger partial charge in [-0.25, -0.2) is 4.79 Å². The van der Waals surface area contributed by atoms with E-state index < -0.39 is 0 Å². The summed E-state index contributed by atoms with van der Waals surface area (Å²) in [5.74, 6) is 7.80. The van der Waals surface area contributed by atoms with Crippen molar-refractivity contribution in [1.29, 1.82) is 0 Å². The summed E-state index contributed by atoms with van der Waals surface area (Å²) in [5.41, 5.74) is 3.75. The van der Waals surface area contributed by atoms with Gasteiger partial charge in [0.15, 0.2) is 0 Å². The van der Waals surface area contributed by atoms with E-state index >= 15 is 0 Å². The number of hydrogen-bond acceptors (Lipinski definition) is 4. The number of rotatable bonds is 3. The summed E-state index contributed by atoms with van der Waals surface area (Å²) >= 11 is 1.92. The maximum Gasteiger partial charge on any atom is 0.338 e. The van der Waals surface area contributed by atoms with Gasteiger partial charge in [-0.2, -0.15) is 0 Å². The fourth-order valence-corrected chi connectivity index (χ4v) is 4.58. The van der Waals surface area contributed by atoms with Gasteiger partial charge in [0, 0.05) is 10.5 Å². The van der Waals surface area contributed by atoms with E-state index in [1.165, 1.54) is 16.9 Å². The number of fused-ring (bicyclic) bond motifs is 1. The molecular weight excluding hydrogens is 356 g/mol. The van der Waals surface area contributed by atoms with E-state index in [0.717, 1.165) is 16.9 Å². The van der Waals surface area contributed by atoms with E-state index in [4.69, 9.17) is 9.47 Å². The first kappa shape index (κ1) is 19.4. The van der Waals surface area contributed by atoms with Crippen LogP contribution < -0.4 is 4.74 Å². The lowest BCUT2D eigenvalue weighted by Crippen LogP contribution is -2.22. The van der Waals surface area contributed by atoms with Crippen molar-refractivity contribution in [3.05, 3.63) is 58.7 Å². The van der Waals surface area contributed by atoms with Gasteiger partial charge in [0.1, 0.15) is 5.75 Å². The normalized spacial score (nSPS) is 14.5. The Bertz CT molecular complexity index is 919. The summed E-state index contributed by atoms with van der Waals surface area (Å²) in [4.78, 5) is 13.2. The zero-order valence-corrected chi connectivity index (χ0v) is 17.0. The van der Waals surface area contributed by atoms with Crippen LogP contribution in [0.4, 0.5) is 0 Å². The topological polar surface area (TPSA) is 35.5 Å². The molecule has 0 aliphatic carbocycles. The smallest absolute Gasteiger partial charge is 0.338 e. The van der Waals surface area contributed by atoms with E-state index in [9.17, 15) is 4.79 Å². The van der Waals surface area contributed by atoms with Crippen LogP contribution in [0.1, 0.15) is 54.2 Å². The van der Waals surface area contributed by atoms with Crippen LogP contribution in [0.15, 0.2) is 41.3 Å².